The third kappa shape index (κ3) is 6.17. The van der Waals surface area contributed by atoms with Gasteiger partial charge in [0, 0.05) is 28.7 Å². The van der Waals surface area contributed by atoms with Crippen molar-refractivity contribution in [2.75, 3.05) is 17.7 Å². The summed E-state index contributed by atoms with van der Waals surface area (Å²) in [5.41, 5.74) is 5.39. The number of hydrogen-bond acceptors (Lipinski definition) is 6. The van der Waals surface area contributed by atoms with Crippen molar-refractivity contribution in [2.45, 2.75) is 6.92 Å². The molecule has 0 atom stereocenters. The number of hydrazone groups is 1. The normalized spacial score (nSPS) is 10.5. The van der Waals surface area contributed by atoms with Gasteiger partial charge in [0.1, 0.15) is 5.75 Å². The molecule has 0 aliphatic carbocycles. The Balaban J connectivity index is 1.73. The van der Waals surface area contributed by atoms with Crippen LogP contribution in [0.2, 0.25) is 0 Å². The zero-order valence-corrected chi connectivity index (χ0v) is 18.0. The molecular weight excluding hydrogens is 424 g/mol. The molecule has 0 aliphatic heterocycles. The number of carbonyl (C=O) groups excluding carboxylic acids is 2. The van der Waals surface area contributed by atoms with E-state index >= 15 is 0 Å². The lowest BCUT2D eigenvalue weighted by Gasteiger charge is -2.12. The largest absolute Gasteiger partial charge is 0.497 e. The highest BCUT2D eigenvalue weighted by molar-refractivity contribution is 6.39. The van der Waals surface area contributed by atoms with Gasteiger partial charge in [0.25, 0.3) is 0 Å². The van der Waals surface area contributed by atoms with Crippen LogP contribution in [-0.4, -0.2) is 36.2 Å². The number of aromatic carboxylic acids is 1. The van der Waals surface area contributed by atoms with Gasteiger partial charge in [0.2, 0.25) is 0 Å². The first kappa shape index (κ1) is 23.0. The third-order valence-electron chi connectivity index (χ3n) is 4.62. The molecule has 0 radical (unpaired) electrons. The van der Waals surface area contributed by atoms with Gasteiger partial charge < -0.3 is 20.5 Å². The Bertz CT molecular complexity index is 1220. The molecule has 33 heavy (non-hydrogen) atoms. The highest BCUT2D eigenvalue weighted by Gasteiger charge is 2.14. The third-order valence-corrected chi connectivity index (χ3v) is 4.62. The van der Waals surface area contributed by atoms with E-state index in [-0.39, 0.29) is 5.56 Å². The second-order valence-corrected chi connectivity index (χ2v) is 6.93. The van der Waals surface area contributed by atoms with Crippen molar-refractivity contribution in [3.05, 3.63) is 83.4 Å². The van der Waals surface area contributed by atoms with Crippen LogP contribution in [0, 0.1) is 6.92 Å². The van der Waals surface area contributed by atoms with Gasteiger partial charge in [-0.05, 0) is 48.9 Å². The van der Waals surface area contributed by atoms with Crippen LogP contribution in [0.1, 0.15) is 21.5 Å². The number of anilines is 3. The Labute approximate surface area is 190 Å². The second-order valence-electron chi connectivity index (χ2n) is 6.93. The van der Waals surface area contributed by atoms with Gasteiger partial charge in [-0.1, -0.05) is 24.3 Å². The smallest absolute Gasteiger partial charge is 0.335 e. The summed E-state index contributed by atoms with van der Waals surface area (Å²) in [7, 11) is 1.49. The van der Waals surface area contributed by atoms with Crippen molar-refractivity contribution in [1.29, 1.82) is 0 Å². The number of ether oxygens (including phenoxy) is 1. The molecule has 168 valence electrons. The topological polar surface area (TPSA) is 129 Å². The molecule has 0 saturated heterocycles. The Morgan fingerprint density at radius 3 is 2.45 bits per heavy atom. The molecule has 9 nitrogen and oxygen atoms in total. The van der Waals surface area contributed by atoms with Crippen molar-refractivity contribution in [3.63, 3.8) is 0 Å². The van der Waals surface area contributed by atoms with Gasteiger partial charge in [-0.25, -0.2) is 10.2 Å². The van der Waals surface area contributed by atoms with Gasteiger partial charge in [-0.2, -0.15) is 5.10 Å². The van der Waals surface area contributed by atoms with Crippen LogP contribution in [-0.2, 0) is 9.59 Å². The Morgan fingerprint density at radius 1 is 0.939 bits per heavy atom. The SMILES string of the molecule is COc1cccc(NC(=O)C(=O)N/N=C\c2cc(C(=O)O)ccc2Nc2ccccc2C)c1. The molecule has 0 fully saturated rings. The number of amides is 2. The predicted octanol–water partition coefficient (Wildman–Crippen LogP) is 3.53. The molecule has 0 bridgehead atoms. The van der Waals surface area contributed by atoms with E-state index in [2.05, 4.69) is 21.2 Å². The number of methoxy groups -OCH3 is 1. The zero-order valence-electron chi connectivity index (χ0n) is 18.0. The Hall–Kier alpha value is -4.66. The second kappa shape index (κ2) is 10.6. The number of carboxylic acids is 1. The lowest BCUT2D eigenvalue weighted by atomic mass is 10.1. The Morgan fingerprint density at radius 2 is 1.73 bits per heavy atom. The summed E-state index contributed by atoms with van der Waals surface area (Å²) in [5, 5.41) is 18.8. The maximum Gasteiger partial charge on any atom is 0.335 e. The quantitative estimate of drug-likeness (QED) is 0.250. The maximum atomic E-state index is 12.1. The summed E-state index contributed by atoms with van der Waals surface area (Å²) in [5.74, 6) is -2.48. The maximum absolute atomic E-state index is 12.1. The average Bonchev–Trinajstić information content (AvgIpc) is 2.81. The van der Waals surface area contributed by atoms with Crippen LogP contribution in [0.5, 0.6) is 5.75 Å². The highest BCUT2D eigenvalue weighted by Crippen LogP contribution is 2.24. The number of para-hydroxylation sites is 1. The summed E-state index contributed by atoms with van der Waals surface area (Å²) in [6.45, 7) is 1.93. The van der Waals surface area contributed by atoms with Crippen molar-refractivity contribution in [2.24, 2.45) is 5.10 Å². The van der Waals surface area contributed by atoms with Crippen LogP contribution in [0.15, 0.2) is 71.8 Å². The lowest BCUT2D eigenvalue weighted by Crippen LogP contribution is -2.32. The molecule has 9 heteroatoms. The summed E-state index contributed by atoms with van der Waals surface area (Å²) in [6, 6.07) is 18.6. The zero-order chi connectivity index (χ0) is 23.8. The molecule has 3 aromatic rings. The van der Waals surface area contributed by atoms with Crippen molar-refractivity contribution in [3.8, 4) is 5.75 Å². The average molecular weight is 446 g/mol. The van der Waals surface area contributed by atoms with Crippen LogP contribution in [0.25, 0.3) is 0 Å². The lowest BCUT2D eigenvalue weighted by molar-refractivity contribution is -0.136. The van der Waals surface area contributed by atoms with Crippen LogP contribution in [0.3, 0.4) is 0 Å². The number of rotatable bonds is 7. The van der Waals surface area contributed by atoms with E-state index in [4.69, 9.17) is 4.74 Å². The van der Waals surface area contributed by atoms with E-state index in [9.17, 15) is 19.5 Å². The van der Waals surface area contributed by atoms with Crippen LogP contribution >= 0.6 is 0 Å². The molecule has 0 aliphatic rings. The molecule has 0 saturated carbocycles. The standard InChI is InChI=1S/C24H22N4O5/c1-15-6-3-4-9-20(15)27-21-11-10-16(24(31)32)12-17(21)14-25-28-23(30)22(29)26-18-7-5-8-19(13-18)33-2/h3-14,27H,1-2H3,(H,26,29)(H,28,30)(H,31,32)/b25-14-. The van der Waals surface area contributed by atoms with Gasteiger partial charge >= 0.3 is 17.8 Å². The molecule has 2 amide bonds. The molecule has 3 rings (SSSR count). The van der Waals surface area contributed by atoms with Gasteiger partial charge in [-0.3, -0.25) is 9.59 Å². The fourth-order valence-corrected chi connectivity index (χ4v) is 2.87. The molecule has 0 heterocycles. The van der Waals surface area contributed by atoms with Crippen LogP contribution < -0.4 is 20.8 Å². The Kier molecular flexibility index (Phi) is 7.38. The fourth-order valence-electron chi connectivity index (χ4n) is 2.87. The van der Waals surface area contributed by atoms with Gasteiger partial charge in [0.15, 0.2) is 0 Å². The van der Waals surface area contributed by atoms with Gasteiger partial charge in [0.05, 0.1) is 18.9 Å². The molecule has 0 spiro atoms. The van der Waals surface area contributed by atoms with Crippen LogP contribution in [0.4, 0.5) is 17.1 Å². The first-order valence-electron chi connectivity index (χ1n) is 9.86. The summed E-state index contributed by atoms with van der Waals surface area (Å²) < 4.78 is 5.08. The van der Waals surface area contributed by atoms with Gasteiger partial charge in [-0.15, -0.1) is 0 Å². The summed E-state index contributed by atoms with van der Waals surface area (Å²) >= 11 is 0. The summed E-state index contributed by atoms with van der Waals surface area (Å²) in [4.78, 5) is 35.6. The number of hydrogen-bond donors (Lipinski definition) is 4. The summed E-state index contributed by atoms with van der Waals surface area (Å²) in [6.07, 6.45) is 1.27. The van der Waals surface area contributed by atoms with E-state index in [0.29, 0.717) is 22.7 Å². The van der Waals surface area contributed by atoms with E-state index in [1.807, 2.05) is 31.2 Å². The monoisotopic (exact) mass is 446 g/mol. The van der Waals surface area contributed by atoms with Crippen molar-refractivity contribution >= 4 is 41.1 Å². The molecular formula is C24H22N4O5. The molecule has 0 aromatic heterocycles. The first-order valence-corrected chi connectivity index (χ1v) is 9.86. The highest BCUT2D eigenvalue weighted by atomic mass is 16.5. The minimum Gasteiger partial charge on any atom is -0.497 e. The number of nitrogens with one attached hydrogen (secondary N) is 3. The number of carbonyl (C=O) groups is 3. The van der Waals surface area contributed by atoms with E-state index < -0.39 is 17.8 Å². The van der Waals surface area contributed by atoms with E-state index in [0.717, 1.165) is 11.3 Å². The number of carboxylic acid groups (broad SMARTS) is 1. The number of nitrogens with zero attached hydrogens (tertiary/aromatic N) is 1. The van der Waals surface area contributed by atoms with E-state index in [1.165, 1.54) is 25.5 Å². The van der Waals surface area contributed by atoms with Crippen molar-refractivity contribution in [1.82, 2.24) is 5.43 Å². The first-order chi connectivity index (χ1) is 15.9. The molecule has 0 unspecified atom stereocenters. The molecule has 3 aromatic carbocycles. The van der Waals surface area contributed by atoms with Crippen molar-refractivity contribution < 1.29 is 24.2 Å². The van der Waals surface area contributed by atoms with E-state index in [1.54, 1.807) is 30.3 Å². The fraction of sp³-hybridized carbons (Fsp3) is 0.0833. The molecule has 4 N–H and O–H groups in total. The minimum atomic E-state index is -1.10. The predicted molar refractivity (Wildman–Crippen MR) is 125 cm³/mol. The minimum absolute atomic E-state index is 0.0499. The number of benzene rings is 3. The number of aryl methyl sites for hydroxylation is 1.